The van der Waals surface area contributed by atoms with E-state index >= 15 is 0 Å². The molecule has 0 bridgehead atoms. The van der Waals surface area contributed by atoms with Crippen LogP contribution in [-0.4, -0.2) is 73.1 Å². The van der Waals surface area contributed by atoms with Gasteiger partial charge in [-0.1, -0.05) is 90.9 Å². The molecule has 38 heavy (non-hydrogen) atoms. The van der Waals surface area contributed by atoms with E-state index in [1.807, 2.05) is 0 Å². The first-order valence-electron chi connectivity index (χ1n) is 15.8. The van der Waals surface area contributed by atoms with Crippen LogP contribution >= 0.6 is 0 Å². The number of carbonyl (C=O) groups is 2. The van der Waals surface area contributed by atoms with Crippen LogP contribution in [0, 0.1) is 5.92 Å². The number of aliphatic hydroxyl groups excluding tert-OH is 2. The van der Waals surface area contributed by atoms with Crippen molar-refractivity contribution in [2.24, 2.45) is 5.92 Å². The average molecular weight is 544 g/mol. The van der Waals surface area contributed by atoms with Crippen LogP contribution in [0.25, 0.3) is 0 Å². The highest BCUT2D eigenvalue weighted by Gasteiger charge is 2.19. The maximum Gasteiger partial charge on any atom is 0.308 e. The van der Waals surface area contributed by atoms with Crippen molar-refractivity contribution in [1.29, 1.82) is 0 Å². The molecule has 0 aromatic heterocycles. The molecule has 0 aliphatic rings. The fraction of sp³-hybridized carbons (Fsp3) is 0.935. The predicted octanol–water partition coefficient (Wildman–Crippen LogP) is 6.43. The highest BCUT2D eigenvalue weighted by Crippen LogP contribution is 2.20. The van der Waals surface area contributed by atoms with Crippen LogP contribution in [0.15, 0.2) is 0 Å². The zero-order valence-electron chi connectivity index (χ0n) is 24.9. The minimum Gasteiger partial charge on any atom is -0.468 e. The second kappa shape index (κ2) is 28.8. The summed E-state index contributed by atoms with van der Waals surface area (Å²) in [4.78, 5) is 25.0. The summed E-state index contributed by atoms with van der Waals surface area (Å²) in [6, 6.07) is 0. The Morgan fingerprint density at radius 1 is 0.737 bits per heavy atom. The number of esters is 1. The minimum atomic E-state index is -0.441. The highest BCUT2D eigenvalue weighted by molar-refractivity contribution is 5.72. The Bertz CT molecular complexity index is 519. The largest absolute Gasteiger partial charge is 0.468 e. The number of hydrogen-bond acceptors (Lipinski definition) is 7. The van der Waals surface area contributed by atoms with E-state index in [1.54, 1.807) is 0 Å². The van der Waals surface area contributed by atoms with Gasteiger partial charge in [0.05, 0.1) is 31.8 Å². The third-order valence-corrected chi connectivity index (χ3v) is 7.26. The molecule has 0 aliphatic carbocycles. The maximum absolute atomic E-state index is 12.8. The SMILES string of the molecule is CCCCCCCCC(CCCCCC)C(=O)OCCCCCCN(CCO)CC(O)CCCCOC=O. The summed E-state index contributed by atoms with van der Waals surface area (Å²) in [6.07, 6.45) is 19.9. The summed E-state index contributed by atoms with van der Waals surface area (Å²) in [5.41, 5.74) is 0. The maximum atomic E-state index is 12.8. The Hall–Kier alpha value is -1.18. The Balaban J connectivity index is 4.11. The molecule has 7 heteroatoms. The first-order valence-corrected chi connectivity index (χ1v) is 15.8. The first kappa shape index (κ1) is 36.8. The van der Waals surface area contributed by atoms with Crippen molar-refractivity contribution in [3.63, 3.8) is 0 Å². The zero-order valence-corrected chi connectivity index (χ0v) is 24.9. The van der Waals surface area contributed by atoms with Crippen LogP contribution < -0.4 is 0 Å². The van der Waals surface area contributed by atoms with Gasteiger partial charge in [0.1, 0.15) is 0 Å². The summed E-state index contributed by atoms with van der Waals surface area (Å²) in [5.74, 6) is 0.0740. The van der Waals surface area contributed by atoms with Gasteiger partial charge >= 0.3 is 5.97 Å². The fourth-order valence-electron chi connectivity index (χ4n) is 4.89. The molecule has 2 N–H and O–H groups in total. The van der Waals surface area contributed by atoms with Gasteiger partial charge in [0.2, 0.25) is 0 Å². The normalized spacial score (nSPS) is 13.0. The molecule has 7 nitrogen and oxygen atoms in total. The van der Waals surface area contributed by atoms with E-state index in [1.165, 1.54) is 51.4 Å². The van der Waals surface area contributed by atoms with Gasteiger partial charge in [0.15, 0.2) is 0 Å². The Kier molecular flexibility index (Phi) is 27.9. The molecule has 0 aliphatic heterocycles. The summed E-state index contributed by atoms with van der Waals surface area (Å²) in [5, 5.41) is 19.6. The number of hydrogen-bond donors (Lipinski definition) is 2. The summed E-state index contributed by atoms with van der Waals surface area (Å²) < 4.78 is 10.4. The van der Waals surface area contributed by atoms with Gasteiger partial charge in [-0.2, -0.15) is 0 Å². The number of rotatable bonds is 30. The second-order valence-corrected chi connectivity index (χ2v) is 10.8. The molecule has 0 heterocycles. The number of nitrogens with zero attached hydrogens (tertiary/aromatic N) is 1. The van der Waals surface area contributed by atoms with Gasteiger partial charge < -0.3 is 19.7 Å². The monoisotopic (exact) mass is 543 g/mol. The zero-order chi connectivity index (χ0) is 28.1. The van der Waals surface area contributed by atoms with Crippen molar-refractivity contribution >= 4 is 12.4 Å². The molecule has 2 unspecified atom stereocenters. The van der Waals surface area contributed by atoms with E-state index in [4.69, 9.17) is 4.74 Å². The van der Waals surface area contributed by atoms with Gasteiger partial charge in [0, 0.05) is 13.1 Å². The second-order valence-electron chi connectivity index (χ2n) is 10.8. The summed E-state index contributed by atoms with van der Waals surface area (Å²) in [6.45, 7) is 7.82. The standard InChI is InChI=1S/C31H61NO6/c1-3-5-7-9-10-14-20-29(19-13-8-6-4-2)31(36)38-26-17-12-11-16-22-32(23-24-33)27-30(35)21-15-18-25-37-28-34/h28-30,33,35H,3-27H2,1-2H3. The number of unbranched alkanes of at least 4 members (excludes halogenated alkanes) is 12. The highest BCUT2D eigenvalue weighted by atomic mass is 16.5. The average Bonchev–Trinajstić information content (AvgIpc) is 2.91. The van der Waals surface area contributed by atoms with Crippen LogP contribution in [0.1, 0.15) is 136 Å². The van der Waals surface area contributed by atoms with E-state index in [-0.39, 0.29) is 18.5 Å². The van der Waals surface area contributed by atoms with E-state index in [0.717, 1.165) is 70.8 Å². The number of carbonyl (C=O) groups excluding carboxylic acids is 2. The molecule has 0 radical (unpaired) electrons. The minimum absolute atomic E-state index is 0.0101. The van der Waals surface area contributed by atoms with E-state index in [9.17, 15) is 19.8 Å². The van der Waals surface area contributed by atoms with Crippen molar-refractivity contribution in [3.8, 4) is 0 Å². The summed E-state index contributed by atoms with van der Waals surface area (Å²) in [7, 11) is 0. The quantitative estimate of drug-likeness (QED) is 0.0612. The van der Waals surface area contributed by atoms with Gasteiger partial charge in [-0.15, -0.1) is 0 Å². The molecule has 0 amide bonds. The number of ether oxygens (including phenoxy) is 2. The summed E-state index contributed by atoms with van der Waals surface area (Å²) >= 11 is 0. The molecular formula is C31H61NO6. The van der Waals surface area contributed by atoms with Crippen LogP contribution in [0.3, 0.4) is 0 Å². The molecule has 0 rings (SSSR count). The van der Waals surface area contributed by atoms with E-state index < -0.39 is 6.10 Å². The molecule has 0 fully saturated rings. The molecule has 0 saturated heterocycles. The molecule has 0 saturated carbocycles. The molecule has 0 spiro atoms. The van der Waals surface area contributed by atoms with Crippen LogP contribution in [0.4, 0.5) is 0 Å². The van der Waals surface area contributed by atoms with Gasteiger partial charge in [-0.05, 0) is 51.5 Å². The third-order valence-electron chi connectivity index (χ3n) is 7.26. The molecule has 0 aromatic rings. The van der Waals surface area contributed by atoms with Gasteiger partial charge in [-0.25, -0.2) is 0 Å². The number of aliphatic hydroxyl groups is 2. The van der Waals surface area contributed by atoms with Crippen LogP contribution in [-0.2, 0) is 19.1 Å². The predicted molar refractivity (Wildman–Crippen MR) is 155 cm³/mol. The Labute approximate surface area is 234 Å². The van der Waals surface area contributed by atoms with Crippen molar-refractivity contribution in [1.82, 2.24) is 4.90 Å². The van der Waals surface area contributed by atoms with E-state index in [2.05, 4.69) is 23.5 Å². The lowest BCUT2D eigenvalue weighted by Crippen LogP contribution is -2.35. The first-order chi connectivity index (χ1) is 18.6. The third kappa shape index (κ3) is 23.9. The Morgan fingerprint density at radius 3 is 1.95 bits per heavy atom. The fourth-order valence-corrected chi connectivity index (χ4v) is 4.89. The van der Waals surface area contributed by atoms with Crippen molar-refractivity contribution in [3.05, 3.63) is 0 Å². The van der Waals surface area contributed by atoms with Gasteiger partial charge in [0.25, 0.3) is 6.47 Å². The van der Waals surface area contributed by atoms with Gasteiger partial charge in [-0.3, -0.25) is 14.5 Å². The molecular weight excluding hydrogens is 482 g/mol. The topological polar surface area (TPSA) is 96.3 Å². The lowest BCUT2D eigenvalue weighted by molar-refractivity contribution is -0.149. The molecule has 2 atom stereocenters. The van der Waals surface area contributed by atoms with Crippen LogP contribution in [0.2, 0.25) is 0 Å². The molecule has 226 valence electrons. The smallest absolute Gasteiger partial charge is 0.308 e. The lowest BCUT2D eigenvalue weighted by Gasteiger charge is -2.24. The van der Waals surface area contributed by atoms with Crippen molar-refractivity contribution in [2.45, 2.75) is 142 Å². The Morgan fingerprint density at radius 2 is 1.29 bits per heavy atom. The van der Waals surface area contributed by atoms with Crippen molar-refractivity contribution < 1.29 is 29.3 Å². The molecule has 0 aromatic carbocycles. The van der Waals surface area contributed by atoms with E-state index in [0.29, 0.717) is 39.2 Å². The van der Waals surface area contributed by atoms with Crippen LogP contribution in [0.5, 0.6) is 0 Å². The van der Waals surface area contributed by atoms with Crippen molar-refractivity contribution in [2.75, 3.05) is 39.5 Å². The lowest BCUT2D eigenvalue weighted by atomic mass is 9.94.